The molecular weight excluding hydrogens is 434 g/mol. The monoisotopic (exact) mass is 469 g/mol. The molecule has 2 aromatic carbocycles. The highest BCUT2D eigenvalue weighted by Gasteiger charge is 2.45. The van der Waals surface area contributed by atoms with E-state index in [4.69, 9.17) is 14.6 Å². The van der Waals surface area contributed by atoms with Crippen LogP contribution in [0.2, 0.25) is 0 Å². The lowest BCUT2D eigenvalue weighted by Crippen LogP contribution is -2.43. The predicted octanol–water partition coefficient (Wildman–Crippen LogP) is 6.63. The number of furan rings is 1. The molecule has 5 heteroatoms. The van der Waals surface area contributed by atoms with Gasteiger partial charge in [0.1, 0.15) is 17.3 Å². The van der Waals surface area contributed by atoms with E-state index in [9.17, 15) is 0 Å². The number of para-hydroxylation sites is 1. The van der Waals surface area contributed by atoms with Crippen molar-refractivity contribution in [1.82, 2.24) is 9.80 Å². The normalized spacial score (nSPS) is 25.0. The zero-order valence-corrected chi connectivity index (χ0v) is 20.7. The third kappa shape index (κ3) is 3.96. The summed E-state index contributed by atoms with van der Waals surface area (Å²) in [7, 11) is 0. The van der Waals surface area contributed by atoms with Crippen molar-refractivity contribution in [2.45, 2.75) is 64.1 Å². The van der Waals surface area contributed by atoms with E-state index in [1.807, 2.05) is 6.26 Å². The van der Waals surface area contributed by atoms with E-state index in [2.05, 4.69) is 72.2 Å². The van der Waals surface area contributed by atoms with E-state index < -0.39 is 0 Å². The van der Waals surface area contributed by atoms with Crippen molar-refractivity contribution in [1.29, 1.82) is 5.41 Å². The van der Waals surface area contributed by atoms with Gasteiger partial charge in [-0.15, -0.1) is 0 Å². The van der Waals surface area contributed by atoms with Crippen LogP contribution in [0.3, 0.4) is 0 Å². The van der Waals surface area contributed by atoms with Gasteiger partial charge in [-0.3, -0.25) is 10.3 Å². The van der Waals surface area contributed by atoms with Crippen LogP contribution in [0.25, 0.3) is 0 Å². The maximum Gasteiger partial charge on any atom is 0.132 e. The number of benzene rings is 2. The summed E-state index contributed by atoms with van der Waals surface area (Å²) in [5, 5.41) is 8.72. The van der Waals surface area contributed by atoms with Gasteiger partial charge in [-0.2, -0.15) is 0 Å². The van der Waals surface area contributed by atoms with E-state index in [1.54, 1.807) is 6.26 Å². The van der Waals surface area contributed by atoms with Crippen LogP contribution in [-0.2, 0) is 6.54 Å². The Kier molecular flexibility index (Phi) is 5.89. The second-order valence-electron chi connectivity index (χ2n) is 10.3. The quantitative estimate of drug-likeness (QED) is 0.325. The molecule has 182 valence electrons. The Morgan fingerprint density at radius 1 is 0.971 bits per heavy atom. The number of rotatable bonds is 6. The van der Waals surface area contributed by atoms with Crippen LogP contribution in [-0.4, -0.2) is 40.8 Å². The van der Waals surface area contributed by atoms with Crippen LogP contribution < -0.4 is 4.74 Å². The first-order chi connectivity index (χ1) is 17.2. The number of fused-ring (bicyclic) bond motifs is 4. The summed E-state index contributed by atoms with van der Waals surface area (Å²) in [5.41, 5.74) is 4.82. The van der Waals surface area contributed by atoms with Gasteiger partial charge in [0.15, 0.2) is 0 Å². The molecule has 5 nitrogen and oxygen atoms in total. The summed E-state index contributed by atoms with van der Waals surface area (Å²) >= 11 is 0. The van der Waals surface area contributed by atoms with Crippen molar-refractivity contribution >= 4 is 5.84 Å². The van der Waals surface area contributed by atoms with Crippen LogP contribution in [0.1, 0.15) is 67.7 Å². The largest absolute Gasteiger partial charge is 0.472 e. The highest BCUT2D eigenvalue weighted by Crippen LogP contribution is 2.53. The van der Waals surface area contributed by atoms with Crippen molar-refractivity contribution in [2.24, 2.45) is 5.92 Å². The molecule has 2 fully saturated rings. The Balaban J connectivity index is 1.32. The van der Waals surface area contributed by atoms with E-state index in [-0.39, 0.29) is 0 Å². The maximum absolute atomic E-state index is 8.72. The minimum Gasteiger partial charge on any atom is -0.472 e. The number of hydrogen-bond acceptors (Lipinski definition) is 4. The highest BCUT2D eigenvalue weighted by molar-refractivity contribution is 5.97. The summed E-state index contributed by atoms with van der Waals surface area (Å²) in [4.78, 5) is 4.81. The zero-order valence-electron chi connectivity index (χ0n) is 20.7. The summed E-state index contributed by atoms with van der Waals surface area (Å²) in [6.45, 7) is 6.87. The van der Waals surface area contributed by atoms with Crippen LogP contribution in [0.5, 0.6) is 11.5 Å². The molecule has 0 amide bonds. The van der Waals surface area contributed by atoms with Crippen LogP contribution in [0.15, 0.2) is 65.5 Å². The first-order valence-electron chi connectivity index (χ1n) is 13.2. The number of nitrogens with zero attached hydrogens (tertiary/aromatic N) is 2. The summed E-state index contributed by atoms with van der Waals surface area (Å²) in [6.07, 6.45) is 8.68. The number of hydrogen-bond donors (Lipinski definition) is 1. The molecular formula is C30H35N3O2. The number of amidine groups is 1. The zero-order chi connectivity index (χ0) is 23.9. The van der Waals surface area contributed by atoms with Crippen molar-refractivity contribution in [3.8, 4) is 11.5 Å². The van der Waals surface area contributed by atoms with E-state index in [0.29, 0.717) is 29.8 Å². The fourth-order valence-corrected chi connectivity index (χ4v) is 6.81. The average Bonchev–Trinajstić information content (AvgIpc) is 3.47. The first-order valence-corrected chi connectivity index (χ1v) is 13.2. The summed E-state index contributed by atoms with van der Waals surface area (Å²) < 4.78 is 11.8. The van der Waals surface area contributed by atoms with Crippen molar-refractivity contribution in [3.63, 3.8) is 0 Å². The maximum atomic E-state index is 8.72. The molecule has 3 atom stereocenters. The Morgan fingerprint density at radius 2 is 1.71 bits per heavy atom. The van der Waals surface area contributed by atoms with Gasteiger partial charge in [0.05, 0.1) is 12.5 Å². The number of piperidine rings is 1. The molecule has 2 bridgehead atoms. The number of ether oxygens (including phenoxy) is 1. The molecule has 0 aliphatic carbocycles. The van der Waals surface area contributed by atoms with Crippen molar-refractivity contribution < 1.29 is 9.15 Å². The summed E-state index contributed by atoms with van der Waals surface area (Å²) in [5.74, 6) is 3.40. The Bertz CT molecular complexity index is 1190. The fraction of sp³-hybridized carbons (Fsp3) is 0.433. The van der Waals surface area contributed by atoms with Crippen LogP contribution in [0.4, 0.5) is 0 Å². The van der Waals surface area contributed by atoms with Gasteiger partial charge in [0, 0.05) is 59.9 Å². The lowest BCUT2D eigenvalue weighted by Gasteiger charge is -2.43. The van der Waals surface area contributed by atoms with Gasteiger partial charge in [-0.1, -0.05) is 30.3 Å². The van der Waals surface area contributed by atoms with Crippen LogP contribution >= 0.6 is 0 Å². The van der Waals surface area contributed by atoms with E-state index >= 15 is 0 Å². The summed E-state index contributed by atoms with van der Waals surface area (Å²) in [6, 6.07) is 18.4. The molecule has 35 heavy (non-hydrogen) atoms. The third-order valence-electron chi connectivity index (χ3n) is 8.51. The lowest BCUT2D eigenvalue weighted by atomic mass is 9.72. The molecule has 3 aromatic rings. The third-order valence-corrected chi connectivity index (χ3v) is 8.51. The van der Waals surface area contributed by atoms with Crippen molar-refractivity contribution in [3.05, 3.63) is 83.3 Å². The number of nitrogens with one attached hydrogen (secondary N) is 1. The molecule has 3 aliphatic rings. The lowest BCUT2D eigenvalue weighted by molar-refractivity contribution is 0.0887. The van der Waals surface area contributed by atoms with Gasteiger partial charge < -0.3 is 14.1 Å². The standard InChI is InChI=1S/C30H35N3O2/c1-3-32(4-2)30(31)21-9-12-26-28(17-21)35-27-8-6-5-7-25(27)29(26)22-15-23-10-11-24(16-22)33(23)18-20-13-14-34-19-20/h5-9,12-14,17,19,22-24,29,31H,3-4,10-11,15-16,18H2,1-2H3. The topological polar surface area (TPSA) is 52.7 Å². The van der Waals surface area contributed by atoms with Crippen molar-refractivity contribution in [2.75, 3.05) is 13.1 Å². The molecule has 0 radical (unpaired) electrons. The molecule has 4 heterocycles. The Morgan fingerprint density at radius 3 is 2.43 bits per heavy atom. The van der Waals surface area contributed by atoms with E-state index in [1.165, 1.54) is 42.4 Å². The molecule has 3 aliphatic heterocycles. The van der Waals surface area contributed by atoms with Gasteiger partial charge in [0.25, 0.3) is 0 Å². The first kappa shape index (κ1) is 22.4. The predicted molar refractivity (Wildman–Crippen MR) is 138 cm³/mol. The fourth-order valence-electron chi connectivity index (χ4n) is 6.81. The van der Waals surface area contributed by atoms with Gasteiger partial charge >= 0.3 is 0 Å². The minimum absolute atomic E-state index is 0.339. The van der Waals surface area contributed by atoms with Gasteiger partial charge in [0.2, 0.25) is 0 Å². The minimum atomic E-state index is 0.339. The molecule has 0 spiro atoms. The van der Waals surface area contributed by atoms with Crippen LogP contribution in [0, 0.1) is 11.3 Å². The van der Waals surface area contributed by atoms with E-state index in [0.717, 1.165) is 36.7 Å². The Labute approximate surface area is 208 Å². The molecule has 0 saturated carbocycles. The van der Waals surface area contributed by atoms with Gasteiger partial charge in [-0.25, -0.2) is 0 Å². The average molecular weight is 470 g/mol. The van der Waals surface area contributed by atoms with Gasteiger partial charge in [-0.05, 0) is 63.6 Å². The molecule has 2 saturated heterocycles. The second-order valence-corrected chi connectivity index (χ2v) is 10.3. The highest BCUT2D eigenvalue weighted by atomic mass is 16.5. The smallest absolute Gasteiger partial charge is 0.132 e. The Hall–Kier alpha value is -3.05. The molecule has 3 unspecified atom stereocenters. The molecule has 1 aromatic heterocycles. The second kappa shape index (κ2) is 9.19. The molecule has 1 N–H and O–H groups in total. The SMILES string of the molecule is CCN(CC)C(=N)c1ccc2c(c1)Oc1ccccc1C2C1CC2CCC(C1)N2Cc1ccoc1. The molecule has 6 rings (SSSR count).